The van der Waals surface area contributed by atoms with Crippen LogP contribution in [0.5, 0.6) is 5.75 Å². The third-order valence-electron chi connectivity index (χ3n) is 5.35. The standard InChI is InChI=1S/C24H20ClF3N2O2/c1-3-22-30(19-10-6-9-18(25)14(19)2)20-12-11-15(13-21(20)32-22)29-23(31)16-7-4-5-8-17(16)24(26,27)28/h4-13,22H,3H2,1-2H3,(H,29,31). The number of benzene rings is 3. The molecule has 1 unspecified atom stereocenters. The molecule has 1 N–H and O–H groups in total. The normalized spacial score (nSPS) is 15.3. The first-order valence-electron chi connectivity index (χ1n) is 10.0. The number of nitrogens with zero attached hydrogens (tertiary/aromatic N) is 1. The minimum absolute atomic E-state index is 0.279. The van der Waals surface area contributed by atoms with Crippen LogP contribution in [-0.2, 0) is 6.18 Å². The molecule has 0 fully saturated rings. The fourth-order valence-corrected chi connectivity index (χ4v) is 3.94. The lowest BCUT2D eigenvalue weighted by Gasteiger charge is -2.26. The number of carbonyl (C=O) groups excluding carboxylic acids is 1. The number of nitrogens with one attached hydrogen (secondary N) is 1. The Morgan fingerprint density at radius 3 is 2.56 bits per heavy atom. The van der Waals surface area contributed by atoms with Gasteiger partial charge < -0.3 is 15.0 Å². The molecule has 166 valence electrons. The predicted octanol–water partition coefficient (Wildman–Crippen LogP) is 7.19. The van der Waals surface area contributed by atoms with Crippen molar-refractivity contribution in [3.8, 4) is 5.75 Å². The van der Waals surface area contributed by atoms with Crippen LogP contribution in [0, 0.1) is 6.92 Å². The highest BCUT2D eigenvalue weighted by Crippen LogP contribution is 2.46. The van der Waals surface area contributed by atoms with Crippen molar-refractivity contribution in [2.24, 2.45) is 0 Å². The minimum Gasteiger partial charge on any atom is -0.468 e. The molecule has 4 rings (SSSR count). The summed E-state index contributed by atoms with van der Waals surface area (Å²) in [5, 5.41) is 3.19. The smallest absolute Gasteiger partial charge is 0.417 e. The van der Waals surface area contributed by atoms with E-state index in [-0.39, 0.29) is 6.23 Å². The van der Waals surface area contributed by atoms with E-state index in [1.54, 1.807) is 18.2 Å². The molecule has 3 aromatic carbocycles. The summed E-state index contributed by atoms with van der Waals surface area (Å²) in [6.45, 7) is 3.91. The molecule has 0 aliphatic carbocycles. The number of rotatable bonds is 4. The number of carbonyl (C=O) groups is 1. The Morgan fingerprint density at radius 2 is 1.84 bits per heavy atom. The molecule has 0 saturated carbocycles. The number of alkyl halides is 3. The van der Waals surface area contributed by atoms with Crippen molar-refractivity contribution in [3.63, 3.8) is 0 Å². The molecule has 0 saturated heterocycles. The second kappa shape index (κ2) is 8.39. The molecular weight excluding hydrogens is 441 g/mol. The van der Waals surface area contributed by atoms with Gasteiger partial charge in [-0.15, -0.1) is 0 Å². The van der Waals surface area contributed by atoms with E-state index in [0.717, 1.165) is 29.1 Å². The average molecular weight is 461 g/mol. The van der Waals surface area contributed by atoms with Crippen LogP contribution in [0.3, 0.4) is 0 Å². The topological polar surface area (TPSA) is 41.6 Å². The van der Waals surface area contributed by atoms with Gasteiger partial charge in [0.1, 0.15) is 5.75 Å². The molecule has 4 nitrogen and oxygen atoms in total. The van der Waals surface area contributed by atoms with Gasteiger partial charge in [-0.2, -0.15) is 13.2 Å². The Morgan fingerprint density at radius 1 is 1.09 bits per heavy atom. The Hall–Kier alpha value is -3.19. The highest BCUT2D eigenvalue weighted by atomic mass is 35.5. The van der Waals surface area contributed by atoms with Gasteiger partial charge in [-0.05, 0) is 48.9 Å². The first kappa shape index (κ1) is 22.0. The summed E-state index contributed by atoms with van der Waals surface area (Å²) >= 11 is 6.30. The van der Waals surface area contributed by atoms with Crippen LogP contribution in [-0.4, -0.2) is 12.1 Å². The summed E-state index contributed by atoms with van der Waals surface area (Å²) < 4.78 is 45.9. The maximum Gasteiger partial charge on any atom is 0.417 e. The molecule has 0 bridgehead atoms. The van der Waals surface area contributed by atoms with E-state index in [0.29, 0.717) is 22.9 Å². The first-order chi connectivity index (χ1) is 15.2. The monoisotopic (exact) mass is 460 g/mol. The summed E-state index contributed by atoms with van der Waals surface area (Å²) in [5.74, 6) is -0.316. The Balaban J connectivity index is 1.65. The first-order valence-corrected chi connectivity index (χ1v) is 10.4. The van der Waals surface area contributed by atoms with Crippen molar-refractivity contribution in [3.05, 3.63) is 82.4 Å². The van der Waals surface area contributed by atoms with Crippen molar-refractivity contribution in [1.29, 1.82) is 0 Å². The number of hydrogen-bond donors (Lipinski definition) is 1. The van der Waals surface area contributed by atoms with Crippen molar-refractivity contribution in [1.82, 2.24) is 0 Å². The molecule has 1 heterocycles. The van der Waals surface area contributed by atoms with Crippen molar-refractivity contribution >= 4 is 34.6 Å². The number of hydrogen-bond acceptors (Lipinski definition) is 3. The van der Waals surface area contributed by atoms with Crippen LogP contribution >= 0.6 is 11.6 Å². The summed E-state index contributed by atoms with van der Waals surface area (Å²) in [5.41, 5.74) is 1.51. The third kappa shape index (κ3) is 4.00. The van der Waals surface area contributed by atoms with Crippen LogP contribution in [0.2, 0.25) is 5.02 Å². The number of fused-ring (bicyclic) bond motifs is 1. The maximum atomic E-state index is 13.3. The summed E-state index contributed by atoms with van der Waals surface area (Å²) in [7, 11) is 0. The van der Waals surface area contributed by atoms with E-state index in [4.69, 9.17) is 16.3 Å². The zero-order valence-electron chi connectivity index (χ0n) is 17.3. The molecule has 32 heavy (non-hydrogen) atoms. The van der Waals surface area contributed by atoms with E-state index >= 15 is 0 Å². The van der Waals surface area contributed by atoms with Gasteiger partial charge in [0.15, 0.2) is 6.23 Å². The molecule has 1 atom stereocenters. The number of ether oxygens (including phenoxy) is 1. The Kier molecular flexibility index (Phi) is 5.77. The van der Waals surface area contributed by atoms with Gasteiger partial charge in [-0.1, -0.05) is 36.7 Å². The largest absolute Gasteiger partial charge is 0.468 e. The number of anilines is 3. The van der Waals surface area contributed by atoms with Crippen molar-refractivity contribution in [2.75, 3.05) is 10.2 Å². The SMILES string of the molecule is CCC1Oc2cc(NC(=O)c3ccccc3C(F)(F)F)ccc2N1c1cccc(Cl)c1C. The van der Waals surface area contributed by atoms with Gasteiger partial charge in [0, 0.05) is 28.9 Å². The van der Waals surface area contributed by atoms with Gasteiger partial charge in [-0.25, -0.2) is 0 Å². The Bertz CT molecular complexity index is 1180. The second-order valence-corrected chi connectivity index (χ2v) is 7.82. The zero-order valence-corrected chi connectivity index (χ0v) is 18.1. The van der Waals surface area contributed by atoms with E-state index < -0.39 is 23.2 Å². The van der Waals surface area contributed by atoms with Crippen molar-refractivity contribution in [2.45, 2.75) is 32.7 Å². The van der Waals surface area contributed by atoms with E-state index in [1.807, 2.05) is 36.9 Å². The lowest BCUT2D eigenvalue weighted by atomic mass is 10.1. The Labute approximate surface area is 188 Å². The molecule has 0 aromatic heterocycles. The maximum absolute atomic E-state index is 13.3. The van der Waals surface area contributed by atoms with Crippen LogP contribution in [0.4, 0.5) is 30.2 Å². The average Bonchev–Trinajstić information content (AvgIpc) is 3.12. The van der Waals surface area contributed by atoms with Gasteiger partial charge in [0.2, 0.25) is 0 Å². The molecule has 3 aromatic rings. The highest BCUT2D eigenvalue weighted by molar-refractivity contribution is 6.31. The molecular formula is C24H20ClF3N2O2. The highest BCUT2D eigenvalue weighted by Gasteiger charge is 2.35. The van der Waals surface area contributed by atoms with E-state index in [9.17, 15) is 18.0 Å². The number of halogens is 4. The van der Waals surface area contributed by atoms with Gasteiger partial charge in [0.25, 0.3) is 5.91 Å². The molecule has 0 spiro atoms. The fourth-order valence-electron chi connectivity index (χ4n) is 3.77. The summed E-state index contributed by atoms with van der Waals surface area (Å²) in [6.07, 6.45) is -4.22. The molecule has 1 amide bonds. The van der Waals surface area contributed by atoms with Crippen LogP contribution in [0.25, 0.3) is 0 Å². The van der Waals surface area contributed by atoms with Gasteiger partial charge >= 0.3 is 6.18 Å². The van der Waals surface area contributed by atoms with Gasteiger partial charge in [-0.3, -0.25) is 4.79 Å². The molecule has 8 heteroatoms. The number of amides is 1. The van der Waals surface area contributed by atoms with E-state index in [1.165, 1.54) is 12.1 Å². The quantitative estimate of drug-likeness (QED) is 0.448. The van der Waals surface area contributed by atoms with Crippen LogP contribution in [0.15, 0.2) is 60.7 Å². The summed E-state index contributed by atoms with van der Waals surface area (Å²) in [6, 6.07) is 15.3. The van der Waals surface area contributed by atoms with Gasteiger partial charge in [0.05, 0.1) is 16.8 Å². The molecule has 0 radical (unpaired) electrons. The minimum atomic E-state index is -4.63. The zero-order chi connectivity index (χ0) is 23.0. The summed E-state index contributed by atoms with van der Waals surface area (Å²) in [4.78, 5) is 14.6. The fraction of sp³-hybridized carbons (Fsp3) is 0.208. The predicted molar refractivity (Wildman–Crippen MR) is 119 cm³/mol. The molecule has 1 aliphatic rings. The van der Waals surface area contributed by atoms with Crippen LogP contribution < -0.4 is 15.0 Å². The van der Waals surface area contributed by atoms with Crippen LogP contribution in [0.1, 0.15) is 34.8 Å². The third-order valence-corrected chi connectivity index (χ3v) is 5.76. The van der Waals surface area contributed by atoms with Crippen molar-refractivity contribution < 1.29 is 22.7 Å². The van der Waals surface area contributed by atoms with E-state index in [2.05, 4.69) is 5.32 Å². The molecule has 1 aliphatic heterocycles. The lowest BCUT2D eigenvalue weighted by molar-refractivity contribution is -0.137. The lowest BCUT2D eigenvalue weighted by Crippen LogP contribution is -2.30. The second-order valence-electron chi connectivity index (χ2n) is 7.41.